The van der Waals surface area contributed by atoms with Crippen molar-refractivity contribution in [3.8, 4) is 0 Å². The molecule has 5 rings (SSSR count). The zero-order valence-corrected chi connectivity index (χ0v) is 18.9. The highest BCUT2D eigenvalue weighted by Gasteiger charge is 2.32. The first kappa shape index (κ1) is 20.0. The predicted octanol–water partition coefficient (Wildman–Crippen LogP) is 4.20. The van der Waals surface area contributed by atoms with Gasteiger partial charge in [-0.25, -0.2) is 9.97 Å². The lowest BCUT2D eigenvalue weighted by atomic mass is 9.99. The van der Waals surface area contributed by atoms with Crippen molar-refractivity contribution in [2.75, 3.05) is 24.5 Å². The van der Waals surface area contributed by atoms with Crippen molar-refractivity contribution in [1.29, 1.82) is 0 Å². The molecule has 1 atom stereocenters. The summed E-state index contributed by atoms with van der Waals surface area (Å²) in [6.45, 7) is 11.9. The standard InChI is InChI=1S/C24H36N6/c1-4-30-18(3)20(14-25-30)16-28-12-6-5-9-22(28)23-26-17(2)21-8-7-13-29(24(21)27-23)15-19-10-11-19/h14,19,22H,4-13,15-16H2,1-3H3. The molecule has 1 aliphatic carbocycles. The van der Waals surface area contributed by atoms with Gasteiger partial charge >= 0.3 is 0 Å². The number of piperidine rings is 1. The van der Waals surface area contributed by atoms with E-state index < -0.39 is 0 Å². The summed E-state index contributed by atoms with van der Waals surface area (Å²) in [6.07, 6.45) is 10.9. The summed E-state index contributed by atoms with van der Waals surface area (Å²) < 4.78 is 2.10. The van der Waals surface area contributed by atoms with Gasteiger partial charge in [-0.05, 0) is 71.8 Å². The maximum Gasteiger partial charge on any atom is 0.148 e. The van der Waals surface area contributed by atoms with Crippen molar-refractivity contribution in [3.63, 3.8) is 0 Å². The van der Waals surface area contributed by atoms with Crippen molar-refractivity contribution in [3.05, 3.63) is 34.5 Å². The molecule has 0 amide bonds. The van der Waals surface area contributed by atoms with Gasteiger partial charge in [-0.1, -0.05) is 6.42 Å². The van der Waals surface area contributed by atoms with Crippen molar-refractivity contribution in [2.24, 2.45) is 5.92 Å². The van der Waals surface area contributed by atoms with E-state index in [0.717, 1.165) is 50.8 Å². The summed E-state index contributed by atoms with van der Waals surface area (Å²) in [7, 11) is 0. The van der Waals surface area contributed by atoms with Gasteiger partial charge in [0.1, 0.15) is 11.6 Å². The minimum absolute atomic E-state index is 0.317. The first-order chi connectivity index (χ1) is 14.6. The van der Waals surface area contributed by atoms with Gasteiger partial charge in [0.25, 0.3) is 0 Å². The zero-order chi connectivity index (χ0) is 20.7. The Bertz CT molecular complexity index is 899. The molecule has 6 nitrogen and oxygen atoms in total. The van der Waals surface area contributed by atoms with Gasteiger partial charge in [0.2, 0.25) is 0 Å². The van der Waals surface area contributed by atoms with Gasteiger partial charge < -0.3 is 4.90 Å². The van der Waals surface area contributed by atoms with Crippen molar-refractivity contribution in [1.82, 2.24) is 24.6 Å². The molecule has 2 fully saturated rings. The largest absolute Gasteiger partial charge is 0.356 e. The SMILES string of the molecule is CCn1ncc(CN2CCCCC2c2nc(C)c3c(n2)N(CC2CC2)CCC3)c1C. The molecular weight excluding hydrogens is 372 g/mol. The van der Waals surface area contributed by atoms with E-state index in [1.54, 1.807) is 0 Å². The number of nitrogens with zero attached hydrogens (tertiary/aromatic N) is 6. The van der Waals surface area contributed by atoms with Crippen LogP contribution in [-0.2, 0) is 19.5 Å². The number of aryl methyl sites for hydroxylation is 2. The smallest absolute Gasteiger partial charge is 0.148 e. The minimum Gasteiger partial charge on any atom is -0.356 e. The Morgan fingerprint density at radius 3 is 2.67 bits per heavy atom. The number of rotatable bonds is 6. The zero-order valence-electron chi connectivity index (χ0n) is 18.9. The molecule has 4 heterocycles. The fraction of sp³-hybridized carbons (Fsp3) is 0.708. The second-order valence-electron chi connectivity index (χ2n) is 9.52. The number of anilines is 1. The third-order valence-corrected chi connectivity index (χ3v) is 7.33. The van der Waals surface area contributed by atoms with E-state index in [2.05, 4.69) is 46.5 Å². The van der Waals surface area contributed by atoms with E-state index in [4.69, 9.17) is 9.97 Å². The van der Waals surface area contributed by atoms with E-state index in [1.807, 2.05) is 0 Å². The quantitative estimate of drug-likeness (QED) is 0.717. The predicted molar refractivity (Wildman–Crippen MR) is 120 cm³/mol. The Kier molecular flexibility index (Phi) is 5.52. The fourth-order valence-electron chi connectivity index (χ4n) is 5.30. The lowest BCUT2D eigenvalue weighted by Gasteiger charge is -2.36. The molecule has 2 aromatic rings. The van der Waals surface area contributed by atoms with Crippen LogP contribution in [0.4, 0.5) is 5.82 Å². The van der Waals surface area contributed by atoms with Crippen LogP contribution >= 0.6 is 0 Å². The molecule has 0 radical (unpaired) electrons. The molecule has 2 aromatic heterocycles. The molecule has 1 unspecified atom stereocenters. The van der Waals surface area contributed by atoms with Crippen molar-refractivity contribution >= 4 is 5.82 Å². The maximum absolute atomic E-state index is 5.25. The van der Waals surface area contributed by atoms with Crippen molar-refractivity contribution in [2.45, 2.75) is 84.8 Å². The summed E-state index contributed by atoms with van der Waals surface area (Å²) >= 11 is 0. The monoisotopic (exact) mass is 408 g/mol. The Hall–Kier alpha value is -1.95. The summed E-state index contributed by atoms with van der Waals surface area (Å²) in [5.41, 5.74) is 5.23. The Labute approximate surface area is 180 Å². The molecule has 30 heavy (non-hydrogen) atoms. The average molecular weight is 409 g/mol. The third kappa shape index (κ3) is 3.86. The van der Waals surface area contributed by atoms with Gasteiger partial charge in [0, 0.05) is 48.7 Å². The highest BCUT2D eigenvalue weighted by Crippen LogP contribution is 2.37. The molecule has 3 aliphatic rings. The minimum atomic E-state index is 0.317. The summed E-state index contributed by atoms with van der Waals surface area (Å²) in [5, 5.41) is 4.56. The number of hydrogen-bond donors (Lipinski definition) is 0. The summed E-state index contributed by atoms with van der Waals surface area (Å²) in [4.78, 5) is 15.5. The van der Waals surface area contributed by atoms with E-state index in [9.17, 15) is 0 Å². The molecule has 0 aromatic carbocycles. The Morgan fingerprint density at radius 2 is 1.90 bits per heavy atom. The molecule has 2 aliphatic heterocycles. The molecule has 0 N–H and O–H groups in total. The number of fused-ring (bicyclic) bond motifs is 1. The highest BCUT2D eigenvalue weighted by molar-refractivity contribution is 5.51. The van der Waals surface area contributed by atoms with Gasteiger partial charge in [0.15, 0.2) is 0 Å². The molecule has 0 bridgehead atoms. The average Bonchev–Trinajstić information content (AvgIpc) is 3.51. The van der Waals surface area contributed by atoms with Crippen LogP contribution in [-0.4, -0.2) is 44.3 Å². The summed E-state index contributed by atoms with van der Waals surface area (Å²) in [6, 6.07) is 0.317. The van der Waals surface area contributed by atoms with Crippen molar-refractivity contribution < 1.29 is 0 Å². The van der Waals surface area contributed by atoms with Gasteiger partial charge in [-0.15, -0.1) is 0 Å². The van der Waals surface area contributed by atoms with Crippen LogP contribution in [0.25, 0.3) is 0 Å². The Balaban J connectivity index is 1.43. The lowest BCUT2D eigenvalue weighted by Crippen LogP contribution is -2.36. The topological polar surface area (TPSA) is 50.1 Å². The third-order valence-electron chi connectivity index (χ3n) is 7.33. The van der Waals surface area contributed by atoms with Crippen LogP contribution in [0.2, 0.25) is 0 Å². The number of hydrogen-bond acceptors (Lipinski definition) is 5. The molecule has 1 saturated carbocycles. The van der Waals surface area contributed by atoms with Crippen LogP contribution in [0, 0.1) is 19.8 Å². The fourth-order valence-corrected chi connectivity index (χ4v) is 5.30. The van der Waals surface area contributed by atoms with Crippen LogP contribution < -0.4 is 4.90 Å². The normalized spacial score (nSPS) is 22.4. The highest BCUT2D eigenvalue weighted by atomic mass is 15.3. The van der Waals surface area contributed by atoms with Crippen LogP contribution in [0.15, 0.2) is 6.20 Å². The molecule has 162 valence electrons. The second-order valence-corrected chi connectivity index (χ2v) is 9.52. The number of likely N-dealkylation sites (tertiary alicyclic amines) is 1. The van der Waals surface area contributed by atoms with Crippen LogP contribution in [0.1, 0.15) is 79.8 Å². The molecule has 6 heteroatoms. The van der Waals surface area contributed by atoms with E-state index in [-0.39, 0.29) is 0 Å². The van der Waals surface area contributed by atoms with Gasteiger partial charge in [-0.2, -0.15) is 5.10 Å². The molecule has 1 saturated heterocycles. The first-order valence-corrected chi connectivity index (χ1v) is 12.0. The van der Waals surface area contributed by atoms with Gasteiger partial charge in [-0.3, -0.25) is 9.58 Å². The summed E-state index contributed by atoms with van der Waals surface area (Å²) in [5.74, 6) is 3.18. The maximum atomic E-state index is 5.25. The second kappa shape index (κ2) is 8.29. The first-order valence-electron chi connectivity index (χ1n) is 12.0. The number of aromatic nitrogens is 4. The van der Waals surface area contributed by atoms with E-state index >= 15 is 0 Å². The lowest BCUT2D eigenvalue weighted by molar-refractivity contribution is 0.133. The van der Waals surface area contributed by atoms with E-state index in [0.29, 0.717) is 6.04 Å². The molecule has 0 spiro atoms. The van der Waals surface area contributed by atoms with Crippen LogP contribution in [0.5, 0.6) is 0 Å². The Morgan fingerprint density at radius 1 is 1.03 bits per heavy atom. The van der Waals surface area contributed by atoms with E-state index in [1.165, 1.54) is 67.0 Å². The van der Waals surface area contributed by atoms with Crippen LogP contribution in [0.3, 0.4) is 0 Å². The van der Waals surface area contributed by atoms with Gasteiger partial charge in [0.05, 0.1) is 12.2 Å². The molecular formula is C24H36N6.